The molecule has 1 heterocycles. The predicted molar refractivity (Wildman–Crippen MR) is 103 cm³/mol. The lowest BCUT2D eigenvalue weighted by molar-refractivity contribution is -0.136. The average molecular weight is 413 g/mol. The van der Waals surface area contributed by atoms with Crippen LogP contribution in [-0.4, -0.2) is 30.4 Å². The zero-order chi connectivity index (χ0) is 18.3. The molecule has 0 spiro atoms. The van der Waals surface area contributed by atoms with Crippen LogP contribution in [0.15, 0.2) is 42.5 Å². The minimum absolute atomic E-state index is 0. The molecule has 3 unspecified atom stereocenters. The number of hydrogen-bond acceptors (Lipinski definition) is 2. The summed E-state index contributed by atoms with van der Waals surface area (Å²) in [4.78, 5) is 15.0. The van der Waals surface area contributed by atoms with Crippen LogP contribution in [0.2, 0.25) is 5.02 Å². The number of benzene rings is 2. The van der Waals surface area contributed by atoms with Crippen molar-refractivity contribution in [2.45, 2.75) is 18.4 Å². The molecule has 7 heteroatoms. The van der Waals surface area contributed by atoms with Crippen molar-refractivity contribution < 1.29 is 13.6 Å². The van der Waals surface area contributed by atoms with Crippen molar-refractivity contribution in [1.82, 2.24) is 10.2 Å². The first kappa shape index (κ1) is 20.1. The van der Waals surface area contributed by atoms with Gasteiger partial charge in [-0.25, -0.2) is 8.78 Å². The fourth-order valence-corrected chi connectivity index (χ4v) is 3.97. The molecule has 1 aliphatic carbocycles. The van der Waals surface area contributed by atoms with E-state index in [0.717, 1.165) is 18.2 Å². The minimum atomic E-state index is -0.862. The number of hydrogen-bond donors (Lipinski definition) is 1. The molecular formula is C20H20Cl2F2N2O. The second-order valence-corrected chi connectivity index (χ2v) is 7.37. The van der Waals surface area contributed by atoms with Crippen molar-refractivity contribution in [2.75, 3.05) is 19.6 Å². The molecule has 3 nitrogen and oxygen atoms in total. The summed E-state index contributed by atoms with van der Waals surface area (Å²) in [6, 6.07) is 11.4. The lowest BCUT2D eigenvalue weighted by Gasteiger charge is -2.37. The van der Waals surface area contributed by atoms with Crippen LogP contribution in [0.4, 0.5) is 8.78 Å². The summed E-state index contributed by atoms with van der Waals surface area (Å²) in [6.07, 6.45) is 0.677. The Bertz CT molecular complexity index is 848. The van der Waals surface area contributed by atoms with Gasteiger partial charge in [0.25, 0.3) is 0 Å². The lowest BCUT2D eigenvalue weighted by Crippen LogP contribution is -2.49. The van der Waals surface area contributed by atoms with Crippen molar-refractivity contribution in [1.29, 1.82) is 0 Å². The number of rotatable bonds is 3. The molecular weight excluding hydrogens is 393 g/mol. The van der Waals surface area contributed by atoms with E-state index in [1.54, 1.807) is 6.07 Å². The molecule has 2 aliphatic rings. The zero-order valence-electron chi connectivity index (χ0n) is 14.5. The van der Waals surface area contributed by atoms with Crippen LogP contribution in [0.25, 0.3) is 0 Å². The number of carbonyl (C=O) groups excluding carboxylic acids is 1. The Morgan fingerprint density at radius 3 is 2.67 bits per heavy atom. The monoisotopic (exact) mass is 412 g/mol. The highest BCUT2D eigenvalue weighted by atomic mass is 35.5. The Labute approximate surface area is 168 Å². The van der Waals surface area contributed by atoms with Crippen LogP contribution in [0, 0.1) is 17.6 Å². The Morgan fingerprint density at radius 2 is 1.93 bits per heavy atom. The van der Waals surface area contributed by atoms with E-state index in [1.807, 2.05) is 29.2 Å². The summed E-state index contributed by atoms with van der Waals surface area (Å²) in [7, 11) is 0. The molecule has 1 amide bonds. The summed E-state index contributed by atoms with van der Waals surface area (Å²) < 4.78 is 26.6. The van der Waals surface area contributed by atoms with Gasteiger partial charge in [-0.2, -0.15) is 0 Å². The maximum Gasteiger partial charge on any atom is 0.226 e. The molecule has 1 saturated heterocycles. The van der Waals surface area contributed by atoms with Gasteiger partial charge in [-0.15, -0.1) is 12.4 Å². The number of piperazine rings is 1. The topological polar surface area (TPSA) is 32.3 Å². The SMILES string of the molecule is Cl.O=C(C1CC1c1ccc(F)c(F)c1)N1CCNCC1c1cccc(Cl)c1. The molecule has 1 N–H and O–H groups in total. The highest BCUT2D eigenvalue weighted by Crippen LogP contribution is 2.49. The van der Waals surface area contributed by atoms with Crippen LogP contribution in [0.5, 0.6) is 0 Å². The van der Waals surface area contributed by atoms with Crippen molar-refractivity contribution in [3.05, 3.63) is 70.2 Å². The van der Waals surface area contributed by atoms with Crippen molar-refractivity contribution in [2.24, 2.45) is 5.92 Å². The molecule has 144 valence electrons. The molecule has 0 aromatic heterocycles. The average Bonchev–Trinajstić information content (AvgIpc) is 3.44. The molecule has 2 fully saturated rings. The standard InChI is InChI=1S/C20H19ClF2N2O.ClH/c21-14-3-1-2-13(8-14)19-11-24-6-7-25(19)20(26)16-10-15(16)12-4-5-17(22)18(23)9-12;/h1-5,8-9,15-16,19,24H,6-7,10-11H2;1H. The summed E-state index contributed by atoms with van der Waals surface area (Å²) in [5.74, 6) is -1.85. The van der Waals surface area contributed by atoms with E-state index in [1.165, 1.54) is 6.07 Å². The molecule has 1 aliphatic heterocycles. The summed E-state index contributed by atoms with van der Waals surface area (Å²) in [5.41, 5.74) is 1.69. The number of halogens is 4. The third-order valence-electron chi connectivity index (χ3n) is 5.24. The molecule has 1 saturated carbocycles. The number of amides is 1. The lowest BCUT2D eigenvalue weighted by atomic mass is 10.0. The first-order chi connectivity index (χ1) is 12.5. The molecule has 2 aromatic rings. The normalized spacial score (nSPS) is 24.3. The Balaban J connectivity index is 0.00000210. The van der Waals surface area contributed by atoms with Gasteiger partial charge in [-0.1, -0.05) is 29.8 Å². The van der Waals surface area contributed by atoms with Gasteiger partial charge in [-0.05, 0) is 47.7 Å². The minimum Gasteiger partial charge on any atom is -0.333 e. The van der Waals surface area contributed by atoms with E-state index in [9.17, 15) is 13.6 Å². The second kappa shape index (κ2) is 8.13. The van der Waals surface area contributed by atoms with Gasteiger partial charge in [0.2, 0.25) is 5.91 Å². The number of nitrogens with one attached hydrogen (secondary N) is 1. The highest BCUT2D eigenvalue weighted by molar-refractivity contribution is 6.30. The van der Waals surface area contributed by atoms with E-state index in [-0.39, 0.29) is 36.2 Å². The van der Waals surface area contributed by atoms with E-state index in [0.29, 0.717) is 30.1 Å². The van der Waals surface area contributed by atoms with Crippen LogP contribution >= 0.6 is 24.0 Å². The van der Waals surface area contributed by atoms with Gasteiger partial charge >= 0.3 is 0 Å². The summed E-state index contributed by atoms with van der Waals surface area (Å²) in [6.45, 7) is 2.04. The van der Waals surface area contributed by atoms with Crippen LogP contribution in [0.3, 0.4) is 0 Å². The Morgan fingerprint density at radius 1 is 1.11 bits per heavy atom. The maximum absolute atomic E-state index is 13.5. The van der Waals surface area contributed by atoms with Crippen LogP contribution < -0.4 is 5.32 Å². The van der Waals surface area contributed by atoms with Crippen LogP contribution in [0.1, 0.15) is 29.5 Å². The molecule has 3 atom stereocenters. The highest BCUT2D eigenvalue weighted by Gasteiger charge is 2.47. The molecule has 0 bridgehead atoms. The van der Waals surface area contributed by atoms with Gasteiger partial charge in [0.05, 0.1) is 6.04 Å². The van der Waals surface area contributed by atoms with Gasteiger partial charge in [0.15, 0.2) is 11.6 Å². The first-order valence-electron chi connectivity index (χ1n) is 8.76. The fourth-order valence-electron chi connectivity index (χ4n) is 3.77. The third-order valence-corrected chi connectivity index (χ3v) is 5.47. The molecule has 4 rings (SSSR count). The van der Waals surface area contributed by atoms with Crippen molar-refractivity contribution >= 4 is 29.9 Å². The largest absolute Gasteiger partial charge is 0.333 e. The Hall–Kier alpha value is -1.69. The molecule has 0 radical (unpaired) electrons. The molecule has 27 heavy (non-hydrogen) atoms. The van der Waals surface area contributed by atoms with Crippen molar-refractivity contribution in [3.8, 4) is 0 Å². The van der Waals surface area contributed by atoms with Gasteiger partial charge in [-0.3, -0.25) is 4.79 Å². The summed E-state index contributed by atoms with van der Waals surface area (Å²) >= 11 is 6.11. The quantitative estimate of drug-likeness (QED) is 0.813. The van der Waals surface area contributed by atoms with E-state index in [4.69, 9.17) is 11.6 Å². The van der Waals surface area contributed by atoms with E-state index >= 15 is 0 Å². The van der Waals surface area contributed by atoms with Crippen molar-refractivity contribution in [3.63, 3.8) is 0 Å². The Kier molecular flexibility index (Phi) is 6.04. The predicted octanol–water partition coefficient (Wildman–Crippen LogP) is 4.32. The third kappa shape index (κ3) is 4.10. The van der Waals surface area contributed by atoms with E-state index < -0.39 is 11.6 Å². The van der Waals surface area contributed by atoms with Gasteiger partial charge < -0.3 is 10.2 Å². The first-order valence-corrected chi connectivity index (χ1v) is 9.14. The second-order valence-electron chi connectivity index (χ2n) is 6.93. The molecule has 2 aromatic carbocycles. The van der Waals surface area contributed by atoms with E-state index in [2.05, 4.69) is 5.32 Å². The fraction of sp³-hybridized carbons (Fsp3) is 0.350. The van der Waals surface area contributed by atoms with Crippen LogP contribution in [-0.2, 0) is 4.79 Å². The van der Waals surface area contributed by atoms with Gasteiger partial charge in [0.1, 0.15) is 0 Å². The van der Waals surface area contributed by atoms with Gasteiger partial charge in [0, 0.05) is 30.6 Å². The maximum atomic E-state index is 13.5. The smallest absolute Gasteiger partial charge is 0.226 e. The number of carbonyl (C=O) groups is 1. The zero-order valence-corrected chi connectivity index (χ0v) is 16.1. The number of nitrogens with zero attached hydrogens (tertiary/aromatic N) is 1. The summed E-state index contributed by atoms with van der Waals surface area (Å²) in [5, 5.41) is 3.97.